The molecule has 6 atom stereocenters. The van der Waals surface area contributed by atoms with E-state index in [-0.39, 0.29) is 56.7 Å². The van der Waals surface area contributed by atoms with Gasteiger partial charge in [-0.05, 0) is 80.2 Å². The number of primary amides is 1. The van der Waals surface area contributed by atoms with Crippen LogP contribution < -0.4 is 21.7 Å². The largest absolute Gasteiger partial charge is 0.465 e. The van der Waals surface area contributed by atoms with E-state index in [1.165, 1.54) is 11.0 Å². The van der Waals surface area contributed by atoms with Crippen molar-refractivity contribution in [3.63, 3.8) is 0 Å². The van der Waals surface area contributed by atoms with Gasteiger partial charge in [-0.3, -0.25) is 19.2 Å². The summed E-state index contributed by atoms with van der Waals surface area (Å²) in [6, 6.07) is 9.65. The number of carbonyl (C=O) groups excluding carboxylic acids is 4. The highest BCUT2D eigenvalue weighted by Gasteiger charge is 2.44. The Bertz CT molecular complexity index is 1900. The third-order valence-corrected chi connectivity index (χ3v) is 11.3. The van der Waals surface area contributed by atoms with E-state index in [1.54, 1.807) is 35.9 Å². The average Bonchev–Trinajstić information content (AvgIpc) is 3.77. The summed E-state index contributed by atoms with van der Waals surface area (Å²) in [5.74, 6) is -2.19. The molecule has 0 bridgehead atoms. The number of hydrogen-bond donors (Lipinski definition) is 6. The number of likely N-dealkylation sites (tertiary alicyclic amines) is 1. The lowest BCUT2D eigenvalue weighted by atomic mass is 9.85. The van der Waals surface area contributed by atoms with Gasteiger partial charge < -0.3 is 41.5 Å². The first kappa shape index (κ1) is 45.8. The van der Waals surface area contributed by atoms with Crippen molar-refractivity contribution in [2.24, 2.45) is 11.1 Å². The Hall–Kier alpha value is -4.93. The first-order valence-corrected chi connectivity index (χ1v) is 20.5. The molecule has 2 aromatic carbocycles. The molecular weight excluding hydrogens is 768 g/mol. The van der Waals surface area contributed by atoms with Crippen molar-refractivity contribution in [2.75, 3.05) is 6.54 Å². The van der Waals surface area contributed by atoms with Gasteiger partial charge in [-0.1, -0.05) is 57.2 Å². The maximum absolute atomic E-state index is 15.0. The average molecular weight is 825 g/mol. The molecule has 14 nitrogen and oxygen atoms in total. The molecular formula is C42H57FN6O8S. The number of nitrogens with two attached hydrogens (primary N) is 1. The van der Waals surface area contributed by atoms with Gasteiger partial charge in [0.1, 0.15) is 17.9 Å². The van der Waals surface area contributed by atoms with Crippen molar-refractivity contribution in [1.29, 1.82) is 0 Å². The molecule has 7 N–H and O–H groups in total. The van der Waals surface area contributed by atoms with Crippen LogP contribution in [0.4, 0.5) is 9.18 Å². The Morgan fingerprint density at radius 3 is 2.34 bits per heavy atom. The zero-order valence-electron chi connectivity index (χ0n) is 34.0. The Morgan fingerprint density at radius 2 is 1.74 bits per heavy atom. The summed E-state index contributed by atoms with van der Waals surface area (Å²) >= 11 is 1.56. The molecule has 1 fully saturated rings. The molecule has 1 aromatic heterocycles. The maximum atomic E-state index is 15.0. The molecule has 0 radical (unpaired) electrons. The number of benzene rings is 2. The van der Waals surface area contributed by atoms with Crippen molar-refractivity contribution < 1.29 is 43.3 Å². The Labute approximate surface area is 343 Å². The standard InChI is InChI=1S/C42H57FN6O8S/c1-24(28-13-15-30(16-14-28)37-25(2)45-23-58-37)46-39(53)34-20-31(50)21-49(34)40(54)38(42(4,5)6)48-36(52)10-8-7-9-29-12-11-27(19-32(29)43)22-57-26(3)33(47-41(55)56)17-18-35(44)51/h11-16,19,23-24,26,31,33-34,38,47,50H,7-10,17-18,20-22H2,1-6H3,(H2,44,51)(H,46,53)(H,48,52)(H,55,56)/t24-,26+,31+,33-,34-,38?/m0/s1. The number of amides is 5. The molecule has 0 saturated carbocycles. The normalized spacial score (nSPS) is 17.6. The third-order valence-electron chi connectivity index (χ3n) is 10.4. The van der Waals surface area contributed by atoms with Gasteiger partial charge in [0.15, 0.2) is 0 Å². The van der Waals surface area contributed by atoms with Crippen LogP contribution in [-0.4, -0.2) is 86.7 Å². The van der Waals surface area contributed by atoms with E-state index in [2.05, 4.69) is 20.9 Å². The van der Waals surface area contributed by atoms with Crippen LogP contribution in [0.2, 0.25) is 0 Å². The summed E-state index contributed by atoms with van der Waals surface area (Å²) in [6.07, 6.45) is -1.15. The number of aromatic nitrogens is 1. The number of rotatable bonds is 19. The minimum atomic E-state index is -1.26. The number of carbonyl (C=O) groups is 5. The van der Waals surface area contributed by atoms with Gasteiger partial charge in [-0.2, -0.15) is 0 Å². The van der Waals surface area contributed by atoms with Gasteiger partial charge in [-0.15, -0.1) is 11.3 Å². The van der Waals surface area contributed by atoms with Crippen molar-refractivity contribution >= 4 is 41.1 Å². The van der Waals surface area contributed by atoms with Gasteiger partial charge in [0.25, 0.3) is 0 Å². The van der Waals surface area contributed by atoms with Gasteiger partial charge in [-0.25, -0.2) is 14.2 Å². The maximum Gasteiger partial charge on any atom is 0.404 e. The smallest absolute Gasteiger partial charge is 0.404 e. The van der Waals surface area contributed by atoms with Crippen LogP contribution in [0.1, 0.15) is 102 Å². The number of unbranched alkanes of at least 4 members (excludes halogenated alkanes) is 1. The van der Waals surface area contributed by atoms with Crippen LogP contribution in [0.15, 0.2) is 48.0 Å². The summed E-state index contributed by atoms with van der Waals surface area (Å²) < 4.78 is 20.8. The monoisotopic (exact) mass is 824 g/mol. The molecule has 1 aliphatic rings. The van der Waals surface area contributed by atoms with E-state index in [0.717, 1.165) is 21.7 Å². The fraction of sp³-hybridized carbons (Fsp3) is 0.524. The SMILES string of the molecule is Cc1ncsc1-c1ccc([C@H](C)NC(=O)[C@@H]2C[C@@H](O)CN2C(=O)C(NC(=O)CCCCc2ccc(CO[C@H](C)[C@H](CCC(N)=O)NC(=O)O)cc2F)C(C)(C)C)cc1. The number of β-amino-alcohol motifs (C(OH)–C–C–N with tert-alkyl or cyclic N) is 1. The molecule has 5 amide bonds. The highest BCUT2D eigenvalue weighted by atomic mass is 32.1. The molecule has 16 heteroatoms. The van der Waals surface area contributed by atoms with E-state index in [4.69, 9.17) is 15.6 Å². The first-order valence-electron chi connectivity index (χ1n) is 19.6. The summed E-state index contributed by atoms with van der Waals surface area (Å²) in [4.78, 5) is 69.9. The van der Waals surface area contributed by atoms with Gasteiger partial charge in [0, 0.05) is 25.8 Å². The zero-order valence-corrected chi connectivity index (χ0v) is 34.9. The molecule has 4 rings (SSSR count). The van der Waals surface area contributed by atoms with E-state index in [1.807, 2.05) is 58.9 Å². The number of nitrogens with zero attached hydrogens (tertiary/aromatic N) is 2. The van der Waals surface area contributed by atoms with E-state index in [9.17, 15) is 29.1 Å². The number of hydrogen-bond acceptors (Lipinski definition) is 9. The summed E-state index contributed by atoms with van der Waals surface area (Å²) in [5, 5.41) is 27.9. The van der Waals surface area contributed by atoms with Gasteiger partial charge >= 0.3 is 6.09 Å². The van der Waals surface area contributed by atoms with Crippen LogP contribution in [0.5, 0.6) is 0 Å². The van der Waals surface area contributed by atoms with Crippen molar-refractivity contribution in [3.05, 3.63) is 76.2 Å². The highest BCUT2D eigenvalue weighted by Crippen LogP contribution is 2.30. The van der Waals surface area contributed by atoms with Crippen molar-refractivity contribution in [1.82, 2.24) is 25.8 Å². The lowest BCUT2D eigenvalue weighted by Gasteiger charge is -2.35. The predicted octanol–water partition coefficient (Wildman–Crippen LogP) is 5.15. The topological polar surface area (TPSA) is 213 Å². The zero-order chi connectivity index (χ0) is 42.7. The van der Waals surface area contributed by atoms with Gasteiger partial charge in [0.2, 0.25) is 23.6 Å². The molecule has 1 unspecified atom stereocenters. The van der Waals surface area contributed by atoms with E-state index < -0.39 is 59.5 Å². The second kappa shape index (κ2) is 20.7. The fourth-order valence-electron chi connectivity index (χ4n) is 6.96. The molecule has 0 aliphatic carbocycles. The number of carboxylic acid groups (broad SMARTS) is 1. The number of aliphatic hydroxyl groups is 1. The highest BCUT2D eigenvalue weighted by molar-refractivity contribution is 7.13. The molecule has 1 aliphatic heterocycles. The predicted molar refractivity (Wildman–Crippen MR) is 218 cm³/mol. The van der Waals surface area contributed by atoms with Crippen molar-refractivity contribution in [3.8, 4) is 10.4 Å². The van der Waals surface area contributed by atoms with E-state index >= 15 is 4.39 Å². The summed E-state index contributed by atoms with van der Waals surface area (Å²) in [5.41, 5.74) is 10.2. The van der Waals surface area contributed by atoms with Crippen LogP contribution in [0.25, 0.3) is 10.4 Å². The molecule has 3 aromatic rings. The first-order chi connectivity index (χ1) is 27.3. The molecule has 58 heavy (non-hydrogen) atoms. The number of ether oxygens (including phenoxy) is 1. The minimum Gasteiger partial charge on any atom is -0.465 e. The second-order valence-electron chi connectivity index (χ2n) is 16.1. The summed E-state index contributed by atoms with van der Waals surface area (Å²) in [6.45, 7) is 10.9. The molecule has 1 saturated heterocycles. The third kappa shape index (κ3) is 13.0. The van der Waals surface area contributed by atoms with Crippen LogP contribution in [-0.2, 0) is 36.9 Å². The van der Waals surface area contributed by atoms with Crippen LogP contribution >= 0.6 is 11.3 Å². The Kier molecular flexibility index (Phi) is 16.3. The molecule has 0 spiro atoms. The van der Waals surface area contributed by atoms with Crippen LogP contribution in [0, 0.1) is 18.2 Å². The lowest BCUT2D eigenvalue weighted by molar-refractivity contribution is -0.144. The molecule has 316 valence electrons. The summed E-state index contributed by atoms with van der Waals surface area (Å²) in [7, 11) is 0. The second-order valence-corrected chi connectivity index (χ2v) is 16.9. The fourth-order valence-corrected chi connectivity index (χ4v) is 7.77. The molecule has 2 heterocycles. The quantitative estimate of drug-likeness (QED) is 0.0882. The number of aliphatic hydroxyl groups excluding tert-OH is 1. The Morgan fingerprint density at radius 1 is 1.03 bits per heavy atom. The lowest BCUT2D eigenvalue weighted by Crippen LogP contribution is -2.57. The number of thiazole rings is 1. The van der Waals surface area contributed by atoms with Gasteiger partial charge in [0.05, 0.1) is 47.0 Å². The number of halogens is 1. The van der Waals surface area contributed by atoms with Crippen molar-refractivity contribution in [2.45, 2.75) is 129 Å². The van der Waals surface area contributed by atoms with E-state index in [0.29, 0.717) is 30.4 Å². The minimum absolute atomic E-state index is 0.0185. The number of nitrogens with one attached hydrogen (secondary N) is 3. The Balaban J connectivity index is 1.27. The number of aryl methyl sites for hydroxylation is 2. The van der Waals surface area contributed by atoms with Crippen LogP contribution in [0.3, 0.4) is 0 Å².